The summed E-state index contributed by atoms with van der Waals surface area (Å²) in [6.07, 6.45) is 6.94. The first-order valence-electron chi connectivity index (χ1n) is 8.84. The van der Waals surface area contributed by atoms with Gasteiger partial charge in [0.25, 0.3) is 5.19 Å². The first-order chi connectivity index (χ1) is 12.3. The van der Waals surface area contributed by atoms with Crippen molar-refractivity contribution >= 4 is 22.2 Å². The van der Waals surface area contributed by atoms with Gasteiger partial charge in [-0.15, -0.1) is 5.10 Å². The molecule has 3 atom stereocenters. The van der Waals surface area contributed by atoms with Gasteiger partial charge < -0.3 is 14.6 Å². The number of aromatic nitrogens is 3. The molecule has 1 N–H and O–H groups in total. The Morgan fingerprint density at radius 2 is 2.20 bits per heavy atom. The van der Waals surface area contributed by atoms with Crippen molar-refractivity contribution in [1.82, 2.24) is 20.1 Å². The summed E-state index contributed by atoms with van der Waals surface area (Å²) in [5.41, 5.74) is 3.68. The average molecular weight is 350 g/mol. The Morgan fingerprint density at radius 1 is 1.20 bits per heavy atom. The van der Waals surface area contributed by atoms with E-state index in [2.05, 4.69) is 50.5 Å². The fourth-order valence-corrected chi connectivity index (χ4v) is 5.44. The number of rotatable bonds is 3. The van der Waals surface area contributed by atoms with Crippen LogP contribution in [0.5, 0.6) is 5.19 Å². The molecule has 3 aliphatic heterocycles. The summed E-state index contributed by atoms with van der Waals surface area (Å²) in [6, 6.07) is 8.40. The minimum absolute atomic E-state index is 0.195. The fraction of sp³-hybridized carbons (Fsp3) is 0.368. The lowest BCUT2D eigenvalue weighted by Gasteiger charge is -2.50. The highest BCUT2D eigenvalue weighted by Gasteiger charge is 2.44. The van der Waals surface area contributed by atoms with Gasteiger partial charge in [-0.1, -0.05) is 16.4 Å². The zero-order valence-corrected chi connectivity index (χ0v) is 14.5. The molecule has 25 heavy (non-hydrogen) atoms. The van der Waals surface area contributed by atoms with E-state index in [1.165, 1.54) is 30.3 Å². The van der Waals surface area contributed by atoms with E-state index in [0.717, 1.165) is 28.6 Å². The number of hydrogen-bond donors (Lipinski definition) is 1. The van der Waals surface area contributed by atoms with Crippen molar-refractivity contribution < 1.29 is 4.74 Å². The molecule has 1 aromatic carbocycles. The molecule has 7 rings (SSSR count). The van der Waals surface area contributed by atoms with Crippen molar-refractivity contribution in [3.63, 3.8) is 0 Å². The third-order valence-electron chi connectivity index (χ3n) is 5.70. The highest BCUT2D eigenvalue weighted by molar-refractivity contribution is 7.16. The predicted molar refractivity (Wildman–Crippen MR) is 97.5 cm³/mol. The molecule has 1 saturated carbocycles. The lowest BCUT2D eigenvalue weighted by molar-refractivity contribution is 0.0273. The molecule has 6 heteroatoms. The van der Waals surface area contributed by atoms with E-state index in [4.69, 9.17) is 4.74 Å². The summed E-state index contributed by atoms with van der Waals surface area (Å²) in [5.74, 6) is 1.44. The summed E-state index contributed by atoms with van der Waals surface area (Å²) in [5, 5.41) is 11.5. The van der Waals surface area contributed by atoms with Crippen LogP contribution in [-0.4, -0.2) is 39.3 Å². The van der Waals surface area contributed by atoms with E-state index in [1.807, 2.05) is 6.20 Å². The molecule has 0 spiro atoms. The number of aromatic amines is 1. The first kappa shape index (κ1) is 13.9. The van der Waals surface area contributed by atoms with Gasteiger partial charge in [-0.05, 0) is 48.6 Å². The number of hydrogen-bond acceptors (Lipinski definition) is 5. The molecule has 5 heterocycles. The molecule has 2 aromatic heterocycles. The Bertz CT molecular complexity index is 990. The molecule has 3 aromatic rings. The Hall–Kier alpha value is -2.34. The smallest absolute Gasteiger partial charge is 0.294 e. The Kier molecular flexibility index (Phi) is 2.82. The summed E-state index contributed by atoms with van der Waals surface area (Å²) < 4.78 is 6.31. The van der Waals surface area contributed by atoms with Crippen LogP contribution in [-0.2, 0) is 0 Å². The lowest BCUT2D eigenvalue weighted by Crippen LogP contribution is -2.53. The third-order valence-corrected chi connectivity index (χ3v) is 6.56. The van der Waals surface area contributed by atoms with E-state index in [1.54, 1.807) is 11.3 Å². The van der Waals surface area contributed by atoms with E-state index in [9.17, 15) is 0 Å². The van der Waals surface area contributed by atoms with Crippen LogP contribution in [0.3, 0.4) is 0 Å². The SMILES string of the molecule is C1=C2CC3CC(CN1C3)[C@@H]2Oc1nnc(-c2ccc3[nH]ccc3c2)s1. The number of benzene rings is 1. The lowest BCUT2D eigenvalue weighted by atomic mass is 9.71. The molecular weight excluding hydrogens is 332 g/mol. The molecule has 1 aliphatic carbocycles. The normalized spacial score (nSPS) is 27.1. The van der Waals surface area contributed by atoms with Gasteiger partial charge >= 0.3 is 0 Å². The van der Waals surface area contributed by atoms with Crippen molar-refractivity contribution in [2.75, 3.05) is 13.1 Å². The predicted octanol–water partition coefficient (Wildman–Crippen LogP) is 3.67. The first-order valence-corrected chi connectivity index (χ1v) is 9.66. The molecule has 2 unspecified atom stereocenters. The average Bonchev–Trinajstić information content (AvgIpc) is 3.26. The van der Waals surface area contributed by atoms with Crippen molar-refractivity contribution in [3.05, 3.63) is 42.2 Å². The summed E-state index contributed by atoms with van der Waals surface area (Å²) in [7, 11) is 0. The molecule has 4 aliphatic rings. The van der Waals surface area contributed by atoms with Crippen molar-refractivity contribution in [3.8, 4) is 15.8 Å². The monoisotopic (exact) mass is 350 g/mol. The minimum Gasteiger partial charge on any atom is -0.461 e. The maximum atomic E-state index is 6.31. The van der Waals surface area contributed by atoms with Crippen LogP contribution in [0.1, 0.15) is 12.8 Å². The Balaban J connectivity index is 1.28. The number of H-pyrrole nitrogens is 1. The molecule has 5 nitrogen and oxygen atoms in total. The van der Waals surface area contributed by atoms with Crippen molar-refractivity contribution in [1.29, 1.82) is 0 Å². The number of nitrogens with zero attached hydrogens (tertiary/aromatic N) is 3. The molecule has 4 bridgehead atoms. The van der Waals surface area contributed by atoms with Crippen LogP contribution in [0, 0.1) is 11.8 Å². The van der Waals surface area contributed by atoms with Crippen LogP contribution < -0.4 is 4.74 Å². The quantitative estimate of drug-likeness (QED) is 0.783. The van der Waals surface area contributed by atoms with Crippen molar-refractivity contribution in [2.24, 2.45) is 11.8 Å². The van der Waals surface area contributed by atoms with E-state index >= 15 is 0 Å². The van der Waals surface area contributed by atoms with Gasteiger partial charge in [-0.2, -0.15) is 0 Å². The minimum atomic E-state index is 0.195. The van der Waals surface area contributed by atoms with E-state index < -0.39 is 0 Å². The van der Waals surface area contributed by atoms with Gasteiger partial charge in [0, 0.05) is 47.9 Å². The number of fused-ring (bicyclic) bond motifs is 1. The molecule has 0 amide bonds. The summed E-state index contributed by atoms with van der Waals surface area (Å²) in [6.45, 7) is 2.36. The maximum Gasteiger partial charge on any atom is 0.294 e. The highest BCUT2D eigenvalue weighted by atomic mass is 32.1. The molecule has 1 saturated heterocycles. The molecular formula is C19H18N4OS. The molecule has 0 radical (unpaired) electrons. The second kappa shape index (κ2) is 5.08. The van der Waals surface area contributed by atoms with Crippen molar-refractivity contribution in [2.45, 2.75) is 18.9 Å². The largest absolute Gasteiger partial charge is 0.461 e. The van der Waals surface area contributed by atoms with E-state index in [-0.39, 0.29) is 6.10 Å². The van der Waals surface area contributed by atoms with Gasteiger partial charge in [-0.3, -0.25) is 0 Å². The van der Waals surface area contributed by atoms with Crippen LogP contribution >= 0.6 is 11.3 Å². The third kappa shape index (κ3) is 2.20. The fourth-order valence-electron chi connectivity index (χ4n) is 4.71. The van der Waals surface area contributed by atoms with Gasteiger partial charge in [0.1, 0.15) is 6.10 Å². The molecule has 126 valence electrons. The Labute approximate surface area is 149 Å². The van der Waals surface area contributed by atoms with Gasteiger partial charge in [0.15, 0.2) is 5.01 Å². The zero-order chi connectivity index (χ0) is 16.4. The second-order valence-corrected chi connectivity index (χ2v) is 8.36. The van der Waals surface area contributed by atoms with E-state index in [0.29, 0.717) is 11.1 Å². The number of piperidine rings is 1. The zero-order valence-electron chi connectivity index (χ0n) is 13.7. The second-order valence-electron chi connectivity index (χ2n) is 7.42. The highest BCUT2D eigenvalue weighted by Crippen LogP contribution is 2.44. The number of ether oxygens (including phenoxy) is 1. The van der Waals surface area contributed by atoms with Crippen LogP contribution in [0.2, 0.25) is 0 Å². The Morgan fingerprint density at radius 3 is 3.12 bits per heavy atom. The topological polar surface area (TPSA) is 54.0 Å². The van der Waals surface area contributed by atoms with Gasteiger partial charge in [-0.25, -0.2) is 0 Å². The summed E-state index contributed by atoms with van der Waals surface area (Å²) >= 11 is 1.55. The van der Waals surface area contributed by atoms with Crippen LogP contribution in [0.4, 0.5) is 0 Å². The maximum absolute atomic E-state index is 6.31. The molecule has 2 fully saturated rings. The van der Waals surface area contributed by atoms with Gasteiger partial charge in [0.05, 0.1) is 0 Å². The summed E-state index contributed by atoms with van der Waals surface area (Å²) in [4.78, 5) is 5.69. The standard InChI is InChI=1S/C19H18N4OS/c1-2-16-12(3-4-20-16)7-13(1)18-21-22-19(25-18)24-17-14-5-11-6-15(17)10-23(8-11)9-14/h1-4,7,9,11,15,17,20H,5-6,8,10H2/t11?,15?,17-/m1/s1. The number of nitrogens with one attached hydrogen (secondary N) is 1. The van der Waals surface area contributed by atoms with Crippen LogP contribution in [0.25, 0.3) is 21.5 Å². The van der Waals surface area contributed by atoms with Gasteiger partial charge in [0.2, 0.25) is 0 Å². The van der Waals surface area contributed by atoms with Crippen LogP contribution in [0.15, 0.2) is 42.2 Å².